The average molecular weight is 350 g/mol. The van der Waals surface area contributed by atoms with E-state index in [0.717, 1.165) is 0 Å². The summed E-state index contributed by atoms with van der Waals surface area (Å²) in [6, 6.07) is 4.36. The van der Waals surface area contributed by atoms with Crippen molar-refractivity contribution in [3.63, 3.8) is 0 Å². The van der Waals surface area contributed by atoms with Crippen molar-refractivity contribution in [3.8, 4) is 0 Å². The number of primary amides is 1. The lowest BCUT2D eigenvalue weighted by Gasteiger charge is -2.11. The minimum Gasteiger partial charge on any atom is -0.370 e. The molecule has 25 heavy (non-hydrogen) atoms. The maximum Gasteiger partial charge on any atom is 0.353 e. The van der Waals surface area contributed by atoms with Crippen molar-refractivity contribution in [2.45, 2.75) is 6.92 Å². The van der Waals surface area contributed by atoms with Gasteiger partial charge in [-0.05, 0) is 12.1 Å². The second kappa shape index (κ2) is 8.71. The molecule has 0 atom stereocenters. The first-order valence-electron chi connectivity index (χ1n) is 6.76. The molecule has 12 nitrogen and oxygen atoms in total. The fourth-order valence-corrected chi connectivity index (χ4v) is 1.60. The summed E-state index contributed by atoms with van der Waals surface area (Å²) in [6.45, 7) is 0.829. The fourth-order valence-electron chi connectivity index (χ4n) is 1.60. The third-order valence-corrected chi connectivity index (χ3v) is 2.51. The standard InChI is InChI=1S/C13H18N8O4/c1-6(22)19-10-7(11(14)24)3-2-4-8(10)20-13(17)21-25-9(23)5-18-12(15)16/h2-4H,5H2,1H3,(H2,14,24)(H,19,22)(H4,15,16,18)(H3,17,20,21). The molecule has 0 aliphatic rings. The number of anilines is 1. The van der Waals surface area contributed by atoms with E-state index in [1.165, 1.54) is 25.1 Å². The lowest BCUT2D eigenvalue weighted by atomic mass is 10.1. The summed E-state index contributed by atoms with van der Waals surface area (Å²) in [4.78, 5) is 46.0. The number of benzene rings is 1. The quantitative estimate of drug-likeness (QED) is 0.198. The van der Waals surface area contributed by atoms with Crippen LogP contribution in [0.4, 0.5) is 11.4 Å². The Morgan fingerprint density at radius 2 is 1.84 bits per heavy atom. The first kappa shape index (κ1) is 19.2. The van der Waals surface area contributed by atoms with Gasteiger partial charge in [-0.2, -0.15) is 5.48 Å². The minimum atomic E-state index is -0.820. The van der Waals surface area contributed by atoms with Gasteiger partial charge >= 0.3 is 5.97 Å². The molecule has 0 radical (unpaired) electrons. The number of hydrogen-bond acceptors (Lipinski definition) is 6. The summed E-state index contributed by atoms with van der Waals surface area (Å²) < 4.78 is 0. The van der Waals surface area contributed by atoms with E-state index in [0.29, 0.717) is 0 Å². The van der Waals surface area contributed by atoms with Gasteiger partial charge in [0, 0.05) is 6.92 Å². The van der Waals surface area contributed by atoms with Crippen LogP contribution in [0.5, 0.6) is 0 Å². The molecule has 0 aliphatic carbocycles. The molecule has 0 saturated heterocycles. The highest BCUT2D eigenvalue weighted by Gasteiger charge is 2.14. The molecule has 0 aromatic heterocycles. The number of nitrogens with one attached hydrogen (secondary N) is 2. The van der Waals surface area contributed by atoms with Crippen LogP contribution in [0.15, 0.2) is 28.2 Å². The van der Waals surface area contributed by atoms with Gasteiger partial charge in [-0.15, -0.1) is 0 Å². The van der Waals surface area contributed by atoms with Crippen molar-refractivity contribution in [1.29, 1.82) is 0 Å². The van der Waals surface area contributed by atoms with Crippen LogP contribution < -0.4 is 33.7 Å². The Morgan fingerprint density at radius 1 is 1.16 bits per heavy atom. The molecular weight excluding hydrogens is 332 g/mol. The summed E-state index contributed by atoms with van der Waals surface area (Å²) in [5.74, 6) is -2.64. The predicted molar refractivity (Wildman–Crippen MR) is 90.5 cm³/mol. The van der Waals surface area contributed by atoms with Crippen LogP contribution >= 0.6 is 0 Å². The van der Waals surface area contributed by atoms with E-state index in [1.54, 1.807) is 0 Å². The molecule has 1 rings (SSSR count). The SMILES string of the molecule is CC(=O)Nc1c(N=C(N)NOC(=O)CN=C(N)N)cccc1C(N)=O. The number of guanidine groups is 2. The van der Waals surface area contributed by atoms with E-state index in [9.17, 15) is 14.4 Å². The van der Waals surface area contributed by atoms with Crippen LogP contribution in [0.2, 0.25) is 0 Å². The molecule has 0 heterocycles. The minimum absolute atomic E-state index is 0.0361. The number of nitrogens with two attached hydrogens (primary N) is 4. The Kier molecular flexibility index (Phi) is 6.70. The molecule has 0 saturated carbocycles. The third kappa shape index (κ3) is 6.43. The summed E-state index contributed by atoms with van der Waals surface area (Å²) in [5, 5.41) is 2.44. The van der Waals surface area contributed by atoms with Crippen LogP contribution in [0, 0.1) is 0 Å². The number of nitrogens with zero attached hydrogens (tertiary/aromatic N) is 2. The number of amides is 2. The third-order valence-electron chi connectivity index (χ3n) is 2.51. The Labute approximate surface area is 142 Å². The van der Waals surface area contributed by atoms with E-state index >= 15 is 0 Å². The van der Waals surface area contributed by atoms with Crippen LogP contribution in [-0.4, -0.2) is 36.2 Å². The summed E-state index contributed by atoms with van der Waals surface area (Å²) in [5.41, 5.74) is 23.3. The zero-order valence-electron chi connectivity index (χ0n) is 13.3. The van der Waals surface area contributed by atoms with Crippen molar-refractivity contribution in [3.05, 3.63) is 23.8 Å². The second-order valence-corrected chi connectivity index (χ2v) is 4.56. The zero-order chi connectivity index (χ0) is 19.0. The van der Waals surface area contributed by atoms with Gasteiger partial charge in [0.15, 0.2) is 5.96 Å². The topological polar surface area (TPSA) is 213 Å². The Hall–Kier alpha value is -3.83. The molecular formula is C13H18N8O4. The molecule has 0 unspecified atom stereocenters. The van der Waals surface area contributed by atoms with Crippen molar-refractivity contribution in [1.82, 2.24) is 5.48 Å². The number of para-hydroxylation sites is 1. The lowest BCUT2D eigenvalue weighted by molar-refractivity contribution is -0.146. The number of hydrogen-bond donors (Lipinski definition) is 6. The van der Waals surface area contributed by atoms with Crippen molar-refractivity contribution < 1.29 is 19.2 Å². The van der Waals surface area contributed by atoms with Gasteiger partial charge in [0.2, 0.25) is 11.9 Å². The average Bonchev–Trinajstić information content (AvgIpc) is 2.51. The molecule has 10 N–H and O–H groups in total. The molecule has 0 bridgehead atoms. The Bertz CT molecular complexity index is 740. The molecule has 0 spiro atoms. The van der Waals surface area contributed by atoms with Crippen LogP contribution in [-0.2, 0) is 14.4 Å². The Morgan fingerprint density at radius 3 is 2.40 bits per heavy atom. The van der Waals surface area contributed by atoms with Gasteiger partial charge in [-0.1, -0.05) is 6.07 Å². The zero-order valence-corrected chi connectivity index (χ0v) is 13.3. The molecule has 134 valence electrons. The van der Waals surface area contributed by atoms with Crippen molar-refractivity contribution >= 4 is 41.1 Å². The van der Waals surface area contributed by atoms with Crippen LogP contribution in [0.3, 0.4) is 0 Å². The van der Waals surface area contributed by atoms with Gasteiger partial charge in [-0.3, -0.25) is 9.59 Å². The predicted octanol–water partition coefficient (Wildman–Crippen LogP) is -1.99. The van der Waals surface area contributed by atoms with E-state index in [1.807, 2.05) is 0 Å². The largest absolute Gasteiger partial charge is 0.370 e. The maximum atomic E-state index is 11.5. The number of aliphatic imine (C=N–C) groups is 2. The van der Waals surface area contributed by atoms with Crippen LogP contribution in [0.1, 0.15) is 17.3 Å². The maximum absolute atomic E-state index is 11.5. The molecule has 12 heteroatoms. The number of carbonyl (C=O) groups is 3. The Balaban J connectivity index is 2.96. The number of carbonyl (C=O) groups excluding carboxylic acids is 3. The summed E-state index contributed by atoms with van der Waals surface area (Å²) in [6.07, 6.45) is 0. The smallest absolute Gasteiger partial charge is 0.353 e. The van der Waals surface area contributed by atoms with Crippen molar-refractivity contribution in [2.75, 3.05) is 11.9 Å². The van der Waals surface area contributed by atoms with Gasteiger partial charge < -0.3 is 33.1 Å². The first-order chi connectivity index (χ1) is 11.7. The summed E-state index contributed by atoms with van der Waals surface area (Å²) in [7, 11) is 0. The van der Waals surface area contributed by atoms with Gasteiger partial charge in [0.05, 0.1) is 16.9 Å². The van der Waals surface area contributed by atoms with Gasteiger partial charge in [0.25, 0.3) is 5.91 Å². The molecule has 0 aliphatic heterocycles. The first-order valence-corrected chi connectivity index (χ1v) is 6.76. The van der Waals surface area contributed by atoms with E-state index in [4.69, 9.17) is 22.9 Å². The van der Waals surface area contributed by atoms with Crippen LogP contribution in [0.25, 0.3) is 0 Å². The highest BCUT2D eigenvalue weighted by atomic mass is 16.7. The van der Waals surface area contributed by atoms with E-state index < -0.39 is 24.3 Å². The van der Waals surface area contributed by atoms with Crippen molar-refractivity contribution in [2.24, 2.45) is 32.9 Å². The number of rotatable bonds is 5. The van der Waals surface area contributed by atoms with Gasteiger partial charge in [-0.25, -0.2) is 14.8 Å². The highest BCUT2D eigenvalue weighted by Crippen LogP contribution is 2.28. The monoisotopic (exact) mass is 350 g/mol. The fraction of sp³-hybridized carbons (Fsp3) is 0.154. The normalized spacial score (nSPS) is 10.5. The van der Waals surface area contributed by atoms with Gasteiger partial charge in [0.1, 0.15) is 6.54 Å². The molecule has 1 aromatic carbocycles. The number of hydroxylamine groups is 1. The molecule has 2 amide bonds. The second-order valence-electron chi connectivity index (χ2n) is 4.56. The van der Waals surface area contributed by atoms with E-state index in [-0.39, 0.29) is 28.9 Å². The summed E-state index contributed by atoms with van der Waals surface area (Å²) >= 11 is 0. The highest BCUT2D eigenvalue weighted by molar-refractivity contribution is 6.06. The molecule has 0 fully saturated rings. The molecule has 1 aromatic rings. The lowest BCUT2D eigenvalue weighted by Crippen LogP contribution is -2.34. The van der Waals surface area contributed by atoms with E-state index in [2.05, 4.69) is 25.6 Å².